The summed E-state index contributed by atoms with van der Waals surface area (Å²) in [6.07, 6.45) is 6.57. The number of hydrogen-bond donors (Lipinski definition) is 1. The molecule has 4 heteroatoms. The van der Waals surface area contributed by atoms with E-state index in [0.29, 0.717) is 31.5 Å². The molecular formula is C27H36N2O2. The molecule has 166 valence electrons. The standard InChI is InChI=1S/C27H36N2O2/c1-20(2)16-24-19-31-26-15-9-7-12-22(26)17-28-25-14-8-6-13-23(25)18-29(24)27(30)21-10-4-3-5-11-21/h6-9,12-15,20-21,24,28H,3-5,10-11,16-19H2,1-2H3/t24-/m0/s1. The number of nitrogens with one attached hydrogen (secondary N) is 1. The number of rotatable bonds is 3. The lowest BCUT2D eigenvalue weighted by atomic mass is 9.87. The molecule has 0 saturated heterocycles. The second-order valence-corrected chi connectivity index (χ2v) is 9.51. The van der Waals surface area contributed by atoms with Crippen LogP contribution in [0.3, 0.4) is 0 Å². The lowest BCUT2D eigenvalue weighted by molar-refractivity contribution is -0.140. The van der Waals surface area contributed by atoms with Gasteiger partial charge >= 0.3 is 0 Å². The highest BCUT2D eigenvalue weighted by Crippen LogP contribution is 2.31. The quantitative estimate of drug-likeness (QED) is 0.661. The van der Waals surface area contributed by atoms with Crippen molar-refractivity contribution < 1.29 is 9.53 Å². The summed E-state index contributed by atoms with van der Waals surface area (Å²) >= 11 is 0. The minimum atomic E-state index is 0.0636. The number of carbonyl (C=O) groups is 1. The molecule has 0 unspecified atom stereocenters. The molecule has 1 heterocycles. The van der Waals surface area contributed by atoms with E-state index >= 15 is 0 Å². The van der Waals surface area contributed by atoms with E-state index in [0.717, 1.165) is 36.3 Å². The van der Waals surface area contributed by atoms with Gasteiger partial charge in [-0.15, -0.1) is 0 Å². The molecule has 0 bridgehead atoms. The number of anilines is 1. The SMILES string of the molecule is CC(C)C[C@H]1COc2ccccc2CNc2ccccc2CN1C(=O)C1CCCCC1. The summed E-state index contributed by atoms with van der Waals surface area (Å²) in [5, 5.41) is 3.59. The van der Waals surface area contributed by atoms with E-state index in [-0.39, 0.29) is 12.0 Å². The largest absolute Gasteiger partial charge is 0.491 e. The maximum Gasteiger partial charge on any atom is 0.226 e. The fourth-order valence-corrected chi connectivity index (χ4v) is 4.98. The molecule has 1 N–H and O–H groups in total. The Balaban J connectivity index is 1.71. The van der Waals surface area contributed by atoms with Crippen molar-refractivity contribution in [3.63, 3.8) is 0 Å². The Morgan fingerprint density at radius 2 is 1.74 bits per heavy atom. The van der Waals surface area contributed by atoms with E-state index in [1.807, 2.05) is 12.1 Å². The Morgan fingerprint density at radius 1 is 1.03 bits per heavy atom. The predicted octanol–water partition coefficient (Wildman–Crippen LogP) is 6.01. The first kappa shape index (κ1) is 21.7. The molecule has 2 aliphatic rings. The predicted molar refractivity (Wildman–Crippen MR) is 126 cm³/mol. The Kier molecular flexibility index (Phi) is 7.16. The van der Waals surface area contributed by atoms with Gasteiger partial charge in [0.1, 0.15) is 12.4 Å². The molecule has 1 saturated carbocycles. The molecule has 1 aliphatic heterocycles. The second-order valence-electron chi connectivity index (χ2n) is 9.51. The van der Waals surface area contributed by atoms with E-state index in [4.69, 9.17) is 4.74 Å². The van der Waals surface area contributed by atoms with Gasteiger partial charge < -0.3 is 15.0 Å². The third kappa shape index (κ3) is 5.41. The fraction of sp³-hybridized carbons (Fsp3) is 0.519. The number of ether oxygens (including phenoxy) is 1. The molecule has 31 heavy (non-hydrogen) atoms. The van der Waals surface area contributed by atoms with Gasteiger partial charge in [-0.05, 0) is 42.9 Å². The first-order valence-corrected chi connectivity index (χ1v) is 11.9. The molecule has 0 spiro atoms. The average molecular weight is 421 g/mol. The molecule has 1 aliphatic carbocycles. The third-order valence-corrected chi connectivity index (χ3v) is 6.65. The van der Waals surface area contributed by atoms with Crippen molar-refractivity contribution >= 4 is 11.6 Å². The minimum absolute atomic E-state index is 0.0636. The first-order valence-electron chi connectivity index (χ1n) is 11.9. The normalized spacial score (nSPS) is 20.1. The Bertz CT molecular complexity index is 873. The van der Waals surface area contributed by atoms with Crippen LogP contribution in [-0.2, 0) is 17.9 Å². The first-order chi connectivity index (χ1) is 15.1. The van der Waals surface area contributed by atoms with Crippen molar-refractivity contribution in [3.05, 3.63) is 59.7 Å². The third-order valence-electron chi connectivity index (χ3n) is 6.65. The summed E-state index contributed by atoms with van der Waals surface area (Å²) in [6.45, 7) is 6.35. The van der Waals surface area contributed by atoms with Crippen LogP contribution in [0.1, 0.15) is 63.5 Å². The van der Waals surface area contributed by atoms with E-state index in [2.05, 4.69) is 60.5 Å². The van der Waals surface area contributed by atoms with Gasteiger partial charge in [0.25, 0.3) is 0 Å². The van der Waals surface area contributed by atoms with Gasteiger partial charge in [0.15, 0.2) is 0 Å². The van der Waals surface area contributed by atoms with Crippen LogP contribution < -0.4 is 10.1 Å². The summed E-state index contributed by atoms with van der Waals surface area (Å²) in [4.78, 5) is 15.9. The number of hydrogen-bond acceptors (Lipinski definition) is 3. The van der Waals surface area contributed by atoms with Crippen LogP contribution in [0.5, 0.6) is 5.75 Å². The van der Waals surface area contributed by atoms with E-state index in [1.54, 1.807) is 0 Å². The molecule has 2 aromatic rings. The van der Waals surface area contributed by atoms with E-state index in [9.17, 15) is 4.79 Å². The summed E-state index contributed by atoms with van der Waals surface area (Å²) in [5.74, 6) is 1.87. The van der Waals surface area contributed by atoms with Crippen molar-refractivity contribution in [1.29, 1.82) is 0 Å². The zero-order valence-electron chi connectivity index (χ0n) is 19.0. The Labute approximate surface area is 187 Å². The number of para-hydroxylation sites is 2. The van der Waals surface area contributed by atoms with Crippen LogP contribution in [0.2, 0.25) is 0 Å². The van der Waals surface area contributed by atoms with Crippen LogP contribution in [-0.4, -0.2) is 23.5 Å². The number of nitrogens with zero attached hydrogens (tertiary/aromatic N) is 1. The molecule has 1 atom stereocenters. The number of fused-ring (bicyclic) bond motifs is 2. The topological polar surface area (TPSA) is 41.6 Å². The van der Waals surface area contributed by atoms with Crippen molar-refractivity contribution in [1.82, 2.24) is 4.90 Å². The maximum absolute atomic E-state index is 13.8. The summed E-state index contributed by atoms with van der Waals surface area (Å²) in [6, 6.07) is 16.7. The van der Waals surface area contributed by atoms with E-state index in [1.165, 1.54) is 24.8 Å². The monoisotopic (exact) mass is 420 g/mol. The van der Waals surface area contributed by atoms with Crippen LogP contribution in [0.4, 0.5) is 5.69 Å². The highest BCUT2D eigenvalue weighted by Gasteiger charge is 2.32. The summed E-state index contributed by atoms with van der Waals surface area (Å²) in [7, 11) is 0. The van der Waals surface area contributed by atoms with Crippen molar-refractivity contribution in [3.8, 4) is 5.75 Å². The number of amides is 1. The molecule has 4 nitrogen and oxygen atoms in total. The zero-order chi connectivity index (χ0) is 21.6. The van der Waals surface area contributed by atoms with Crippen LogP contribution in [0.25, 0.3) is 0 Å². The van der Waals surface area contributed by atoms with Crippen LogP contribution in [0.15, 0.2) is 48.5 Å². The smallest absolute Gasteiger partial charge is 0.226 e. The summed E-state index contributed by atoms with van der Waals surface area (Å²) < 4.78 is 6.37. The van der Waals surface area contributed by atoms with Gasteiger partial charge in [-0.25, -0.2) is 0 Å². The van der Waals surface area contributed by atoms with E-state index < -0.39 is 0 Å². The van der Waals surface area contributed by atoms with Gasteiger partial charge in [0.05, 0.1) is 6.04 Å². The Hall–Kier alpha value is -2.49. The lowest BCUT2D eigenvalue weighted by Crippen LogP contribution is -2.47. The maximum atomic E-state index is 13.8. The molecule has 2 aromatic carbocycles. The van der Waals surface area contributed by atoms with Gasteiger partial charge in [0, 0.05) is 30.3 Å². The van der Waals surface area contributed by atoms with Crippen LogP contribution >= 0.6 is 0 Å². The van der Waals surface area contributed by atoms with Crippen molar-refractivity contribution in [2.24, 2.45) is 11.8 Å². The molecule has 1 fully saturated rings. The van der Waals surface area contributed by atoms with Crippen molar-refractivity contribution in [2.75, 3.05) is 11.9 Å². The highest BCUT2D eigenvalue weighted by atomic mass is 16.5. The zero-order valence-corrected chi connectivity index (χ0v) is 19.0. The molecule has 0 aromatic heterocycles. The number of benzene rings is 2. The Morgan fingerprint density at radius 3 is 2.52 bits per heavy atom. The molecule has 1 amide bonds. The minimum Gasteiger partial charge on any atom is -0.491 e. The van der Waals surface area contributed by atoms with Crippen molar-refractivity contribution in [2.45, 2.75) is 71.5 Å². The van der Waals surface area contributed by atoms with Gasteiger partial charge in [-0.1, -0.05) is 69.5 Å². The van der Waals surface area contributed by atoms with Gasteiger partial charge in [-0.2, -0.15) is 0 Å². The fourth-order valence-electron chi connectivity index (χ4n) is 4.98. The molecule has 4 rings (SSSR count). The molecule has 0 radical (unpaired) electrons. The highest BCUT2D eigenvalue weighted by molar-refractivity contribution is 5.79. The summed E-state index contributed by atoms with van der Waals surface area (Å²) in [5.41, 5.74) is 3.43. The molecular weight excluding hydrogens is 384 g/mol. The average Bonchev–Trinajstić information content (AvgIpc) is 2.82. The van der Waals surface area contributed by atoms with Gasteiger partial charge in [0.2, 0.25) is 5.91 Å². The lowest BCUT2D eigenvalue weighted by Gasteiger charge is -2.36. The van der Waals surface area contributed by atoms with Gasteiger partial charge in [-0.3, -0.25) is 4.79 Å². The van der Waals surface area contributed by atoms with Crippen LogP contribution in [0, 0.1) is 11.8 Å². The second kappa shape index (κ2) is 10.2. The number of carbonyl (C=O) groups excluding carboxylic acids is 1.